The lowest BCUT2D eigenvalue weighted by Crippen LogP contribution is -2.41. The molecule has 30 heavy (non-hydrogen) atoms. The van der Waals surface area contributed by atoms with E-state index in [1.165, 1.54) is 0 Å². The predicted octanol–water partition coefficient (Wildman–Crippen LogP) is 5.09. The number of rotatable bonds is 5. The van der Waals surface area contributed by atoms with Crippen molar-refractivity contribution in [3.05, 3.63) is 71.5 Å². The Hall–Kier alpha value is -3.12. The number of carbonyl (C=O) groups excluding carboxylic acids is 1. The van der Waals surface area contributed by atoms with E-state index >= 15 is 0 Å². The lowest BCUT2D eigenvalue weighted by molar-refractivity contribution is -0.120. The fraction of sp³-hybridized carbons (Fsp3) is 0.261. The number of amides is 1. The fourth-order valence-electron chi connectivity index (χ4n) is 3.51. The molecule has 1 aliphatic rings. The number of nitrogens with one attached hydrogen (secondary N) is 1. The molecule has 7 heteroatoms. The Morgan fingerprint density at radius 3 is 2.77 bits per heavy atom. The fourth-order valence-corrected chi connectivity index (χ4v) is 3.69. The summed E-state index contributed by atoms with van der Waals surface area (Å²) >= 11 is 6.18. The first-order valence-electron chi connectivity index (χ1n) is 9.96. The number of para-hydroxylation sites is 1. The number of nitrogens with zero attached hydrogens (tertiary/aromatic N) is 3. The summed E-state index contributed by atoms with van der Waals surface area (Å²) in [6.07, 6.45) is 4.95. The maximum Gasteiger partial charge on any atom is 0.263 e. The van der Waals surface area contributed by atoms with Crippen LogP contribution < -0.4 is 15.0 Å². The second-order valence-corrected chi connectivity index (χ2v) is 7.75. The number of aryl methyl sites for hydroxylation is 1. The van der Waals surface area contributed by atoms with E-state index in [9.17, 15) is 4.79 Å². The zero-order valence-corrected chi connectivity index (χ0v) is 17.5. The summed E-state index contributed by atoms with van der Waals surface area (Å²) < 4.78 is 5.95. The molecule has 3 aromatic rings. The van der Waals surface area contributed by atoms with Crippen molar-refractivity contribution in [1.82, 2.24) is 9.97 Å². The maximum atomic E-state index is 12.9. The Kier molecular flexibility index (Phi) is 6.14. The molecule has 1 atom stereocenters. The minimum Gasteiger partial charge on any atom is -0.436 e. The lowest BCUT2D eigenvalue weighted by atomic mass is 9.97. The Bertz CT molecular complexity index is 1030. The number of anilines is 2. The third-order valence-electron chi connectivity index (χ3n) is 5.14. The van der Waals surface area contributed by atoms with Crippen molar-refractivity contribution < 1.29 is 9.53 Å². The van der Waals surface area contributed by atoms with Crippen LogP contribution in [0.5, 0.6) is 11.6 Å². The van der Waals surface area contributed by atoms with E-state index in [2.05, 4.69) is 20.2 Å². The molecule has 1 saturated heterocycles. The molecule has 1 aliphatic heterocycles. The number of carbonyl (C=O) groups is 1. The van der Waals surface area contributed by atoms with Crippen LogP contribution in [-0.4, -0.2) is 29.0 Å². The van der Waals surface area contributed by atoms with Gasteiger partial charge in [0.25, 0.3) is 5.88 Å². The molecule has 1 unspecified atom stereocenters. The van der Waals surface area contributed by atoms with Gasteiger partial charge in [-0.3, -0.25) is 4.79 Å². The van der Waals surface area contributed by atoms with Crippen molar-refractivity contribution in [2.24, 2.45) is 5.92 Å². The Labute approximate surface area is 180 Å². The lowest BCUT2D eigenvalue weighted by Gasteiger charge is -2.33. The molecule has 1 N–H and O–H groups in total. The molecule has 0 bridgehead atoms. The van der Waals surface area contributed by atoms with E-state index in [4.69, 9.17) is 16.3 Å². The number of aromatic nitrogens is 2. The highest BCUT2D eigenvalue weighted by atomic mass is 35.5. The highest BCUT2D eigenvalue weighted by molar-refractivity contribution is 6.31. The van der Waals surface area contributed by atoms with Crippen LogP contribution in [0.2, 0.25) is 5.02 Å². The molecule has 0 radical (unpaired) electrons. The monoisotopic (exact) mass is 422 g/mol. The molecule has 2 heterocycles. The molecule has 1 fully saturated rings. The third-order valence-corrected chi connectivity index (χ3v) is 5.54. The van der Waals surface area contributed by atoms with Gasteiger partial charge in [-0.2, -0.15) is 0 Å². The Morgan fingerprint density at radius 2 is 1.97 bits per heavy atom. The first-order chi connectivity index (χ1) is 14.6. The van der Waals surface area contributed by atoms with E-state index in [0.717, 1.165) is 24.9 Å². The second kappa shape index (κ2) is 9.13. The summed E-state index contributed by atoms with van der Waals surface area (Å²) in [7, 11) is 0. The van der Waals surface area contributed by atoms with Crippen LogP contribution in [0.1, 0.15) is 18.4 Å². The molecule has 1 aromatic heterocycles. The van der Waals surface area contributed by atoms with Crippen molar-refractivity contribution in [2.45, 2.75) is 19.8 Å². The summed E-state index contributed by atoms with van der Waals surface area (Å²) in [4.78, 5) is 23.8. The minimum atomic E-state index is -0.162. The summed E-state index contributed by atoms with van der Waals surface area (Å²) in [5, 5.41) is 3.63. The SMILES string of the molecule is Cc1ccc(NC(=O)C2CCCN(c3nccnc3Oc3ccccc3)C2)cc1Cl. The number of halogens is 1. The summed E-state index contributed by atoms with van der Waals surface area (Å²) in [5.41, 5.74) is 1.69. The third kappa shape index (κ3) is 4.71. The zero-order valence-electron chi connectivity index (χ0n) is 16.7. The minimum absolute atomic E-state index is 0.0194. The van der Waals surface area contributed by atoms with Crippen LogP contribution in [0.25, 0.3) is 0 Å². The second-order valence-electron chi connectivity index (χ2n) is 7.34. The molecule has 1 amide bonds. The van der Waals surface area contributed by atoms with Crippen LogP contribution in [0.15, 0.2) is 60.9 Å². The zero-order chi connectivity index (χ0) is 20.9. The molecule has 6 nitrogen and oxygen atoms in total. The number of hydrogen-bond acceptors (Lipinski definition) is 5. The van der Waals surface area contributed by atoms with Gasteiger partial charge in [-0.25, -0.2) is 9.97 Å². The van der Waals surface area contributed by atoms with Gasteiger partial charge in [-0.05, 0) is 49.6 Å². The number of hydrogen-bond donors (Lipinski definition) is 1. The van der Waals surface area contributed by atoms with Crippen molar-refractivity contribution >= 4 is 29.0 Å². The summed E-state index contributed by atoms with van der Waals surface area (Å²) in [6.45, 7) is 3.28. The molecule has 4 rings (SSSR count). The average Bonchev–Trinajstić information content (AvgIpc) is 2.77. The van der Waals surface area contributed by atoms with Gasteiger partial charge >= 0.3 is 0 Å². The molecular weight excluding hydrogens is 400 g/mol. The first kappa shape index (κ1) is 20.2. The van der Waals surface area contributed by atoms with Crippen LogP contribution in [0.3, 0.4) is 0 Å². The molecule has 0 aliphatic carbocycles. The van der Waals surface area contributed by atoms with Gasteiger partial charge in [0.1, 0.15) is 5.75 Å². The standard InChI is InChI=1S/C23H23ClN4O2/c1-16-9-10-18(14-20(16)24)27-22(29)17-6-5-13-28(15-17)21-23(26-12-11-25-21)30-19-7-3-2-4-8-19/h2-4,7-12,14,17H,5-6,13,15H2,1H3,(H,27,29). The van der Waals surface area contributed by atoms with Gasteiger partial charge in [0.05, 0.1) is 5.92 Å². The van der Waals surface area contributed by atoms with Gasteiger partial charge in [0.15, 0.2) is 5.82 Å². The van der Waals surface area contributed by atoms with Crippen LogP contribution in [-0.2, 0) is 4.79 Å². The summed E-state index contributed by atoms with van der Waals surface area (Å²) in [6, 6.07) is 15.0. The normalized spacial score (nSPS) is 16.2. The molecule has 0 spiro atoms. The van der Waals surface area contributed by atoms with Gasteiger partial charge in [-0.1, -0.05) is 35.9 Å². The van der Waals surface area contributed by atoms with E-state index in [1.54, 1.807) is 18.5 Å². The number of ether oxygens (including phenoxy) is 1. The van der Waals surface area contributed by atoms with Crippen molar-refractivity contribution in [3.8, 4) is 11.6 Å². The highest BCUT2D eigenvalue weighted by Gasteiger charge is 2.28. The Morgan fingerprint density at radius 1 is 1.17 bits per heavy atom. The van der Waals surface area contributed by atoms with Crippen LogP contribution in [0, 0.1) is 12.8 Å². The molecule has 154 valence electrons. The average molecular weight is 423 g/mol. The van der Waals surface area contributed by atoms with Crippen molar-refractivity contribution in [2.75, 3.05) is 23.3 Å². The predicted molar refractivity (Wildman–Crippen MR) is 118 cm³/mol. The highest BCUT2D eigenvalue weighted by Crippen LogP contribution is 2.31. The van der Waals surface area contributed by atoms with E-state index < -0.39 is 0 Å². The van der Waals surface area contributed by atoms with Gasteiger partial charge in [0.2, 0.25) is 5.91 Å². The molecule has 0 saturated carbocycles. The number of benzene rings is 2. The quantitative estimate of drug-likeness (QED) is 0.620. The van der Waals surface area contributed by atoms with Crippen molar-refractivity contribution in [3.63, 3.8) is 0 Å². The number of piperidine rings is 1. The van der Waals surface area contributed by atoms with E-state index in [0.29, 0.717) is 34.7 Å². The van der Waals surface area contributed by atoms with Gasteiger partial charge in [-0.15, -0.1) is 0 Å². The van der Waals surface area contributed by atoms with E-state index in [1.807, 2.05) is 49.4 Å². The Balaban J connectivity index is 1.47. The van der Waals surface area contributed by atoms with Gasteiger partial charge in [0, 0.05) is 36.2 Å². The molecule has 2 aromatic carbocycles. The largest absolute Gasteiger partial charge is 0.436 e. The molecular formula is C23H23ClN4O2. The van der Waals surface area contributed by atoms with Crippen LogP contribution >= 0.6 is 11.6 Å². The summed E-state index contributed by atoms with van der Waals surface area (Å²) in [5.74, 6) is 1.61. The smallest absolute Gasteiger partial charge is 0.263 e. The van der Waals surface area contributed by atoms with Gasteiger partial charge < -0.3 is 15.0 Å². The first-order valence-corrected chi connectivity index (χ1v) is 10.3. The maximum absolute atomic E-state index is 12.9. The topological polar surface area (TPSA) is 67.4 Å². The van der Waals surface area contributed by atoms with Crippen LogP contribution in [0.4, 0.5) is 11.5 Å². The van der Waals surface area contributed by atoms with E-state index in [-0.39, 0.29) is 11.8 Å². The van der Waals surface area contributed by atoms with Crippen molar-refractivity contribution in [1.29, 1.82) is 0 Å².